The number of aromatic amines is 2. The molecule has 0 unspecified atom stereocenters. The molecule has 5 aromatic carbocycles. The van der Waals surface area contributed by atoms with E-state index in [1.807, 2.05) is 109 Å². The standard InChI is InChI=1S/C42H30N6O3S/c49-41-29-13-4-5-14-31(29)43-35(46-41)19-21-37-48-39(25-9-2-1-3-10-25)40(51-37)28-12-8-11-26(23-28)27-17-18-32-30(24-27)42(50)47-36(44-32)20-22-38-45-33-15-6-7-16-34(33)52-38/h1-18,23-24H,19-22H2,(H,43,46,49)(H,44,47,50). The molecule has 0 aliphatic carbocycles. The molecule has 0 aliphatic heterocycles. The quantitative estimate of drug-likeness (QED) is 0.155. The van der Waals surface area contributed by atoms with Gasteiger partial charge in [0, 0.05) is 36.8 Å². The maximum atomic E-state index is 13.3. The fraction of sp³-hybridized carbons (Fsp3) is 0.0952. The highest BCUT2D eigenvalue weighted by molar-refractivity contribution is 7.18. The lowest BCUT2D eigenvalue weighted by atomic mass is 9.99. The fourth-order valence-corrected chi connectivity index (χ4v) is 7.48. The van der Waals surface area contributed by atoms with E-state index in [4.69, 9.17) is 19.4 Å². The lowest BCUT2D eigenvalue weighted by Gasteiger charge is -2.08. The van der Waals surface area contributed by atoms with Crippen LogP contribution in [0.1, 0.15) is 22.5 Å². The van der Waals surface area contributed by atoms with Gasteiger partial charge in [0.1, 0.15) is 17.3 Å². The van der Waals surface area contributed by atoms with Crippen LogP contribution in [0.15, 0.2) is 135 Å². The number of oxazole rings is 1. The number of fused-ring (bicyclic) bond motifs is 3. The third-order valence-corrected chi connectivity index (χ3v) is 10.2. The molecule has 0 bridgehead atoms. The molecule has 0 spiro atoms. The van der Waals surface area contributed by atoms with Gasteiger partial charge in [-0.25, -0.2) is 19.9 Å². The summed E-state index contributed by atoms with van der Waals surface area (Å²) in [5.41, 5.74) is 6.28. The van der Waals surface area contributed by atoms with Crippen LogP contribution in [0.3, 0.4) is 0 Å². The van der Waals surface area contributed by atoms with Crippen LogP contribution in [-0.2, 0) is 25.7 Å². The molecule has 0 fully saturated rings. The van der Waals surface area contributed by atoms with Gasteiger partial charge < -0.3 is 14.4 Å². The van der Waals surface area contributed by atoms with Crippen molar-refractivity contribution in [3.8, 4) is 33.7 Å². The summed E-state index contributed by atoms with van der Waals surface area (Å²) in [7, 11) is 0. The molecular formula is C42H30N6O3S. The monoisotopic (exact) mass is 698 g/mol. The molecular weight excluding hydrogens is 669 g/mol. The molecule has 52 heavy (non-hydrogen) atoms. The van der Waals surface area contributed by atoms with Crippen molar-refractivity contribution in [1.82, 2.24) is 29.9 Å². The highest BCUT2D eigenvalue weighted by Gasteiger charge is 2.18. The minimum Gasteiger partial charge on any atom is -0.440 e. The van der Waals surface area contributed by atoms with Crippen LogP contribution in [0, 0.1) is 0 Å². The van der Waals surface area contributed by atoms with Crippen molar-refractivity contribution in [3.63, 3.8) is 0 Å². The fourth-order valence-electron chi connectivity index (χ4n) is 6.51. The Balaban J connectivity index is 0.997. The number of hydrogen-bond acceptors (Lipinski definition) is 8. The highest BCUT2D eigenvalue weighted by Crippen LogP contribution is 2.35. The number of hydrogen-bond donors (Lipinski definition) is 2. The second-order valence-corrected chi connectivity index (χ2v) is 13.7. The molecule has 0 atom stereocenters. The van der Waals surface area contributed by atoms with Gasteiger partial charge in [-0.15, -0.1) is 11.3 Å². The largest absolute Gasteiger partial charge is 0.440 e. The Hall–Kier alpha value is -6.52. The van der Waals surface area contributed by atoms with Crippen molar-refractivity contribution >= 4 is 43.4 Å². The van der Waals surface area contributed by atoms with Crippen molar-refractivity contribution in [2.45, 2.75) is 25.7 Å². The van der Waals surface area contributed by atoms with Crippen LogP contribution in [0.5, 0.6) is 0 Å². The normalized spacial score (nSPS) is 11.5. The number of aromatic nitrogens is 6. The number of rotatable bonds is 9. The number of aryl methyl sites for hydroxylation is 4. The molecule has 0 saturated heterocycles. The molecule has 252 valence electrons. The number of nitrogens with zero attached hydrogens (tertiary/aromatic N) is 4. The summed E-state index contributed by atoms with van der Waals surface area (Å²) < 4.78 is 7.62. The van der Waals surface area contributed by atoms with E-state index in [9.17, 15) is 9.59 Å². The molecule has 0 aliphatic rings. The Bertz CT molecular complexity index is 2840. The third kappa shape index (κ3) is 6.20. The molecule has 9 aromatic rings. The molecule has 2 N–H and O–H groups in total. The first kappa shape index (κ1) is 31.5. The SMILES string of the molecule is O=c1[nH]c(CCc2nc(-c3ccccc3)c(-c3cccc(-c4ccc5nc(CCc6nc7ccccc7s6)[nH]c(=O)c5c4)c3)o2)nc2ccccc12. The Morgan fingerprint density at radius 2 is 1.17 bits per heavy atom. The number of para-hydroxylation sites is 2. The maximum absolute atomic E-state index is 13.3. The summed E-state index contributed by atoms with van der Waals surface area (Å²) in [5, 5.41) is 2.11. The van der Waals surface area contributed by atoms with Crippen molar-refractivity contribution in [2.75, 3.05) is 0 Å². The lowest BCUT2D eigenvalue weighted by molar-refractivity contribution is 0.503. The van der Waals surface area contributed by atoms with Gasteiger partial charge in [-0.3, -0.25) is 9.59 Å². The van der Waals surface area contributed by atoms with Crippen LogP contribution in [-0.4, -0.2) is 29.9 Å². The Morgan fingerprint density at radius 3 is 2.00 bits per heavy atom. The van der Waals surface area contributed by atoms with E-state index in [1.165, 1.54) is 0 Å². The Labute approximate surface area is 300 Å². The molecule has 4 aromatic heterocycles. The summed E-state index contributed by atoms with van der Waals surface area (Å²) >= 11 is 1.67. The van der Waals surface area contributed by atoms with Crippen LogP contribution in [0.25, 0.3) is 65.7 Å². The van der Waals surface area contributed by atoms with Gasteiger partial charge in [0.15, 0.2) is 11.7 Å². The van der Waals surface area contributed by atoms with E-state index < -0.39 is 0 Å². The zero-order valence-electron chi connectivity index (χ0n) is 27.8. The van der Waals surface area contributed by atoms with E-state index in [-0.39, 0.29) is 11.1 Å². The summed E-state index contributed by atoms with van der Waals surface area (Å²) in [5.74, 6) is 2.40. The summed E-state index contributed by atoms with van der Waals surface area (Å²) in [6.45, 7) is 0. The Kier molecular flexibility index (Phi) is 8.05. The highest BCUT2D eigenvalue weighted by atomic mass is 32.1. The van der Waals surface area contributed by atoms with Crippen molar-refractivity contribution in [3.05, 3.63) is 165 Å². The van der Waals surface area contributed by atoms with Gasteiger partial charge in [-0.1, -0.05) is 78.9 Å². The van der Waals surface area contributed by atoms with Crippen molar-refractivity contribution in [1.29, 1.82) is 0 Å². The number of H-pyrrole nitrogens is 2. The summed E-state index contributed by atoms with van der Waals surface area (Å²) in [6.07, 6.45) is 2.20. The van der Waals surface area contributed by atoms with Crippen LogP contribution in [0.2, 0.25) is 0 Å². The topological polar surface area (TPSA) is 130 Å². The molecule has 0 amide bonds. The second-order valence-electron chi connectivity index (χ2n) is 12.6. The van der Waals surface area contributed by atoms with Crippen molar-refractivity contribution < 1.29 is 4.42 Å². The molecule has 4 heterocycles. The predicted octanol–water partition coefficient (Wildman–Crippen LogP) is 8.33. The van der Waals surface area contributed by atoms with E-state index in [0.717, 1.165) is 43.2 Å². The van der Waals surface area contributed by atoms with Gasteiger partial charge in [0.25, 0.3) is 11.1 Å². The van der Waals surface area contributed by atoms with Crippen LogP contribution < -0.4 is 11.1 Å². The molecule has 0 saturated carbocycles. The van der Waals surface area contributed by atoms with Crippen LogP contribution >= 0.6 is 11.3 Å². The third-order valence-electron chi connectivity index (χ3n) is 9.08. The lowest BCUT2D eigenvalue weighted by Crippen LogP contribution is -2.12. The zero-order valence-corrected chi connectivity index (χ0v) is 28.6. The number of benzene rings is 5. The second kappa shape index (κ2) is 13.3. The van der Waals surface area contributed by atoms with E-state index in [1.54, 1.807) is 17.4 Å². The minimum atomic E-state index is -0.171. The smallest absolute Gasteiger partial charge is 0.258 e. The molecule has 10 heteroatoms. The molecule has 9 nitrogen and oxygen atoms in total. The van der Waals surface area contributed by atoms with Gasteiger partial charge >= 0.3 is 0 Å². The number of thiazole rings is 1. The zero-order chi connectivity index (χ0) is 35.0. The van der Waals surface area contributed by atoms with E-state index in [0.29, 0.717) is 70.8 Å². The van der Waals surface area contributed by atoms with E-state index >= 15 is 0 Å². The van der Waals surface area contributed by atoms with Gasteiger partial charge in [0.05, 0.1) is 37.0 Å². The first-order valence-corrected chi connectivity index (χ1v) is 17.9. The summed E-state index contributed by atoms with van der Waals surface area (Å²) in [4.78, 5) is 50.9. The first-order valence-electron chi connectivity index (χ1n) is 17.1. The summed E-state index contributed by atoms with van der Waals surface area (Å²) in [6, 6.07) is 39.1. The molecule has 9 rings (SSSR count). The van der Waals surface area contributed by atoms with E-state index in [2.05, 4.69) is 21.0 Å². The van der Waals surface area contributed by atoms with Gasteiger partial charge in [0.2, 0.25) is 0 Å². The molecule has 0 radical (unpaired) electrons. The number of nitrogens with one attached hydrogen (secondary N) is 2. The minimum absolute atomic E-state index is 0.164. The average Bonchev–Trinajstić information content (AvgIpc) is 3.81. The maximum Gasteiger partial charge on any atom is 0.258 e. The average molecular weight is 699 g/mol. The predicted molar refractivity (Wildman–Crippen MR) is 206 cm³/mol. The Morgan fingerprint density at radius 1 is 0.519 bits per heavy atom. The van der Waals surface area contributed by atoms with Crippen molar-refractivity contribution in [2.24, 2.45) is 0 Å². The van der Waals surface area contributed by atoms with Gasteiger partial charge in [-0.2, -0.15) is 0 Å². The first-order chi connectivity index (χ1) is 25.5. The van der Waals surface area contributed by atoms with Gasteiger partial charge in [-0.05, 0) is 53.6 Å². The van der Waals surface area contributed by atoms with Crippen LogP contribution in [0.4, 0.5) is 0 Å².